The molecule has 8 heteroatoms. The molecule has 0 bridgehead atoms. The Morgan fingerprint density at radius 1 is 1.48 bits per heavy atom. The van der Waals surface area contributed by atoms with E-state index in [1.165, 1.54) is 11.8 Å². The zero-order valence-electron chi connectivity index (χ0n) is 13.2. The number of carbonyl (C=O) groups excluding carboxylic acids is 1. The van der Waals surface area contributed by atoms with E-state index >= 15 is 0 Å². The first-order valence-electron chi connectivity index (χ1n) is 7.16. The van der Waals surface area contributed by atoms with Crippen molar-refractivity contribution in [3.63, 3.8) is 0 Å². The van der Waals surface area contributed by atoms with Crippen molar-refractivity contribution >= 4 is 29.3 Å². The fraction of sp³-hybridized carbons (Fsp3) is 0.400. The number of benzene rings is 1. The maximum Gasteiger partial charge on any atom is 0.230 e. The molecule has 0 saturated heterocycles. The zero-order chi connectivity index (χ0) is 16.8. The van der Waals surface area contributed by atoms with Crippen molar-refractivity contribution < 1.29 is 9.53 Å². The van der Waals surface area contributed by atoms with E-state index in [2.05, 4.69) is 20.5 Å². The maximum absolute atomic E-state index is 11.6. The standard InChI is InChI=1S/C15H19ClN4O2S/c1-9(2)17-14(21)8-23-15-18-13(19-20-15)7-22-11-4-5-12(16)10(3)6-11/h4-6,9H,7-8H2,1-3H3,(H,17,21)(H,18,19,20). The van der Waals surface area contributed by atoms with Gasteiger partial charge in [-0.15, -0.1) is 5.10 Å². The second-order valence-corrected chi connectivity index (χ2v) is 6.62. The molecule has 2 rings (SSSR count). The Bertz CT molecular complexity index is 675. The van der Waals surface area contributed by atoms with E-state index in [1.54, 1.807) is 12.1 Å². The van der Waals surface area contributed by atoms with Crippen molar-refractivity contribution in [3.8, 4) is 5.75 Å². The largest absolute Gasteiger partial charge is 0.486 e. The summed E-state index contributed by atoms with van der Waals surface area (Å²) < 4.78 is 5.64. The Labute approximate surface area is 144 Å². The molecule has 6 nitrogen and oxygen atoms in total. The minimum atomic E-state index is -0.0377. The highest BCUT2D eigenvalue weighted by Gasteiger charge is 2.09. The Morgan fingerprint density at radius 2 is 2.26 bits per heavy atom. The summed E-state index contributed by atoms with van der Waals surface area (Å²) in [5.74, 6) is 1.56. The van der Waals surface area contributed by atoms with Gasteiger partial charge in [0.05, 0.1) is 5.75 Å². The molecular weight excluding hydrogens is 336 g/mol. The van der Waals surface area contributed by atoms with Crippen LogP contribution in [0.25, 0.3) is 0 Å². The van der Waals surface area contributed by atoms with Gasteiger partial charge >= 0.3 is 0 Å². The van der Waals surface area contributed by atoms with E-state index in [-0.39, 0.29) is 24.3 Å². The molecular formula is C15H19ClN4O2S. The number of aryl methyl sites for hydroxylation is 1. The topological polar surface area (TPSA) is 79.9 Å². The van der Waals surface area contributed by atoms with Crippen LogP contribution in [0.5, 0.6) is 5.75 Å². The Hall–Kier alpha value is -1.73. The average molecular weight is 355 g/mol. The van der Waals surface area contributed by atoms with Gasteiger partial charge in [0, 0.05) is 11.1 Å². The van der Waals surface area contributed by atoms with Crippen molar-refractivity contribution in [2.24, 2.45) is 0 Å². The molecule has 0 atom stereocenters. The molecule has 2 aromatic rings. The SMILES string of the molecule is Cc1cc(OCc2nc(SCC(=O)NC(C)C)n[nH]2)ccc1Cl. The molecule has 0 spiro atoms. The predicted octanol–water partition coefficient (Wildman–Crippen LogP) is 2.96. The van der Waals surface area contributed by atoms with Crippen LogP contribution in [-0.2, 0) is 11.4 Å². The molecule has 0 aliphatic heterocycles. The van der Waals surface area contributed by atoms with Gasteiger partial charge in [0.25, 0.3) is 0 Å². The van der Waals surface area contributed by atoms with Crippen LogP contribution in [0.15, 0.2) is 23.4 Å². The smallest absolute Gasteiger partial charge is 0.230 e. The molecule has 0 fully saturated rings. The highest BCUT2D eigenvalue weighted by molar-refractivity contribution is 7.99. The molecule has 1 aromatic carbocycles. The number of H-pyrrole nitrogens is 1. The predicted molar refractivity (Wildman–Crippen MR) is 90.9 cm³/mol. The van der Waals surface area contributed by atoms with Crippen LogP contribution in [0.3, 0.4) is 0 Å². The molecule has 0 aliphatic carbocycles. The highest BCUT2D eigenvalue weighted by atomic mass is 35.5. The van der Waals surface area contributed by atoms with Crippen LogP contribution < -0.4 is 10.1 Å². The van der Waals surface area contributed by atoms with E-state index in [0.717, 1.165) is 5.56 Å². The summed E-state index contributed by atoms with van der Waals surface area (Å²) in [5, 5.41) is 10.9. The normalized spacial score (nSPS) is 10.8. The van der Waals surface area contributed by atoms with Crippen molar-refractivity contribution in [3.05, 3.63) is 34.6 Å². The van der Waals surface area contributed by atoms with Crippen molar-refractivity contribution in [2.75, 3.05) is 5.75 Å². The lowest BCUT2D eigenvalue weighted by molar-refractivity contribution is -0.119. The molecule has 0 aliphatic rings. The summed E-state index contributed by atoms with van der Waals surface area (Å²) in [5.41, 5.74) is 0.953. The summed E-state index contributed by atoms with van der Waals surface area (Å²) >= 11 is 7.25. The number of aromatic nitrogens is 3. The number of amides is 1. The van der Waals surface area contributed by atoms with Gasteiger partial charge in [-0.2, -0.15) is 0 Å². The van der Waals surface area contributed by atoms with Crippen LogP contribution in [0, 0.1) is 6.92 Å². The fourth-order valence-electron chi connectivity index (χ4n) is 1.76. The van der Waals surface area contributed by atoms with Crippen LogP contribution >= 0.6 is 23.4 Å². The molecule has 0 radical (unpaired) electrons. The van der Waals surface area contributed by atoms with Gasteiger partial charge in [-0.05, 0) is 44.5 Å². The monoisotopic (exact) mass is 354 g/mol. The van der Waals surface area contributed by atoms with Gasteiger partial charge in [-0.25, -0.2) is 4.98 Å². The van der Waals surface area contributed by atoms with Crippen LogP contribution in [-0.4, -0.2) is 32.9 Å². The number of aromatic amines is 1. The van der Waals surface area contributed by atoms with Crippen LogP contribution in [0.2, 0.25) is 5.02 Å². The zero-order valence-corrected chi connectivity index (χ0v) is 14.8. The second kappa shape index (κ2) is 8.21. The molecule has 1 aromatic heterocycles. The van der Waals surface area contributed by atoms with E-state index < -0.39 is 0 Å². The van der Waals surface area contributed by atoms with Gasteiger partial charge in [-0.3, -0.25) is 9.89 Å². The van der Waals surface area contributed by atoms with Crippen molar-refractivity contribution in [1.29, 1.82) is 0 Å². The quantitative estimate of drug-likeness (QED) is 0.747. The number of carbonyl (C=O) groups is 1. The number of hydrogen-bond donors (Lipinski definition) is 2. The summed E-state index contributed by atoms with van der Waals surface area (Å²) in [6.45, 7) is 6.03. The minimum absolute atomic E-state index is 0.0377. The van der Waals surface area contributed by atoms with E-state index in [4.69, 9.17) is 16.3 Å². The number of rotatable bonds is 7. The maximum atomic E-state index is 11.6. The fourth-order valence-corrected chi connectivity index (χ4v) is 2.51. The number of ether oxygens (including phenoxy) is 1. The molecule has 1 heterocycles. The molecule has 1 amide bonds. The molecule has 124 valence electrons. The second-order valence-electron chi connectivity index (χ2n) is 5.28. The summed E-state index contributed by atoms with van der Waals surface area (Å²) in [4.78, 5) is 15.9. The first kappa shape index (κ1) is 17.6. The molecule has 0 saturated carbocycles. The summed E-state index contributed by atoms with van der Waals surface area (Å²) in [6.07, 6.45) is 0. The average Bonchev–Trinajstić information content (AvgIpc) is 2.94. The number of hydrogen-bond acceptors (Lipinski definition) is 5. The Kier molecular flexibility index (Phi) is 6.29. The van der Waals surface area contributed by atoms with Gasteiger partial charge in [0.1, 0.15) is 12.4 Å². The third-order valence-corrected chi connectivity index (χ3v) is 4.07. The van der Waals surface area contributed by atoms with Crippen molar-refractivity contribution in [1.82, 2.24) is 20.5 Å². The number of halogens is 1. The lowest BCUT2D eigenvalue weighted by Crippen LogP contribution is -2.31. The van der Waals surface area contributed by atoms with Gasteiger partial charge in [0.15, 0.2) is 5.82 Å². The van der Waals surface area contributed by atoms with E-state index in [0.29, 0.717) is 21.8 Å². The molecule has 23 heavy (non-hydrogen) atoms. The summed E-state index contributed by atoms with van der Waals surface area (Å²) in [6, 6.07) is 5.59. The van der Waals surface area contributed by atoms with Crippen molar-refractivity contribution in [2.45, 2.75) is 38.6 Å². The summed E-state index contributed by atoms with van der Waals surface area (Å²) in [7, 11) is 0. The minimum Gasteiger partial charge on any atom is -0.486 e. The number of nitrogens with zero attached hydrogens (tertiary/aromatic N) is 2. The lowest BCUT2D eigenvalue weighted by atomic mass is 10.2. The molecule has 2 N–H and O–H groups in total. The Balaban J connectivity index is 1.82. The first-order chi connectivity index (χ1) is 10.9. The van der Waals surface area contributed by atoms with Crippen LogP contribution in [0.4, 0.5) is 0 Å². The first-order valence-corrected chi connectivity index (χ1v) is 8.53. The molecule has 0 unspecified atom stereocenters. The van der Waals surface area contributed by atoms with Gasteiger partial charge in [0.2, 0.25) is 11.1 Å². The third-order valence-electron chi connectivity index (χ3n) is 2.80. The van der Waals surface area contributed by atoms with Crippen LogP contribution in [0.1, 0.15) is 25.2 Å². The van der Waals surface area contributed by atoms with Gasteiger partial charge in [-0.1, -0.05) is 23.4 Å². The highest BCUT2D eigenvalue weighted by Crippen LogP contribution is 2.21. The Morgan fingerprint density at radius 3 is 2.96 bits per heavy atom. The van der Waals surface area contributed by atoms with E-state index in [1.807, 2.05) is 26.8 Å². The number of nitrogens with one attached hydrogen (secondary N) is 2. The lowest BCUT2D eigenvalue weighted by Gasteiger charge is -2.06. The van der Waals surface area contributed by atoms with Gasteiger partial charge < -0.3 is 10.1 Å². The van der Waals surface area contributed by atoms with E-state index in [9.17, 15) is 4.79 Å². The third kappa shape index (κ3) is 5.76. The number of thioether (sulfide) groups is 1.